The maximum atomic E-state index is 12.9. The second-order valence-corrected chi connectivity index (χ2v) is 7.29. The van der Waals surface area contributed by atoms with E-state index >= 15 is 0 Å². The van der Waals surface area contributed by atoms with Crippen LogP contribution in [0.1, 0.15) is 41.0 Å². The van der Waals surface area contributed by atoms with E-state index in [2.05, 4.69) is 20.2 Å². The Labute approximate surface area is 175 Å². The number of anilines is 1. The molecule has 30 heavy (non-hydrogen) atoms. The number of nitrogens with one attached hydrogen (secondary N) is 2. The van der Waals surface area contributed by atoms with Crippen LogP contribution in [0.4, 0.5) is 5.82 Å². The van der Waals surface area contributed by atoms with Crippen LogP contribution >= 0.6 is 0 Å². The van der Waals surface area contributed by atoms with Crippen molar-refractivity contribution >= 4 is 11.7 Å². The van der Waals surface area contributed by atoms with Crippen molar-refractivity contribution in [2.24, 2.45) is 0 Å². The van der Waals surface area contributed by atoms with Gasteiger partial charge in [-0.05, 0) is 31.4 Å². The third-order valence-corrected chi connectivity index (χ3v) is 5.22. The number of hydrogen-bond acceptors (Lipinski definition) is 5. The molecule has 0 radical (unpaired) electrons. The Balaban J connectivity index is 1.44. The van der Waals surface area contributed by atoms with E-state index in [-0.39, 0.29) is 5.91 Å². The van der Waals surface area contributed by atoms with Crippen LogP contribution in [0.15, 0.2) is 48.7 Å². The lowest BCUT2D eigenvalue weighted by atomic mass is 10.1. The van der Waals surface area contributed by atoms with Gasteiger partial charge in [-0.25, -0.2) is 9.97 Å². The van der Waals surface area contributed by atoms with Crippen LogP contribution in [0.3, 0.4) is 0 Å². The molecule has 1 aliphatic heterocycles. The zero-order valence-corrected chi connectivity index (χ0v) is 16.8. The van der Waals surface area contributed by atoms with Crippen LogP contribution in [-0.2, 0) is 13.0 Å². The molecule has 4 rings (SSSR count). The Kier molecular flexibility index (Phi) is 6.04. The van der Waals surface area contributed by atoms with Crippen LogP contribution in [0.25, 0.3) is 11.4 Å². The molecule has 0 saturated heterocycles. The van der Waals surface area contributed by atoms with E-state index in [9.17, 15) is 4.79 Å². The molecule has 0 saturated carbocycles. The Morgan fingerprint density at radius 1 is 1.10 bits per heavy atom. The normalized spacial score (nSPS) is 13.0. The number of benzene rings is 1. The maximum Gasteiger partial charge on any atom is 0.271 e. The van der Waals surface area contributed by atoms with Crippen molar-refractivity contribution in [3.8, 4) is 17.5 Å². The Hall–Kier alpha value is -3.66. The Morgan fingerprint density at radius 2 is 1.97 bits per heavy atom. The molecule has 0 atom stereocenters. The van der Waals surface area contributed by atoms with E-state index in [0.717, 1.165) is 42.9 Å². The van der Waals surface area contributed by atoms with Crippen molar-refractivity contribution in [1.29, 1.82) is 5.26 Å². The van der Waals surface area contributed by atoms with Crippen LogP contribution in [0, 0.1) is 11.3 Å². The van der Waals surface area contributed by atoms with Gasteiger partial charge in [0, 0.05) is 31.4 Å². The van der Waals surface area contributed by atoms with Crippen LogP contribution in [0.2, 0.25) is 0 Å². The summed E-state index contributed by atoms with van der Waals surface area (Å²) in [5.41, 5.74) is 3.12. The van der Waals surface area contributed by atoms with Crippen LogP contribution in [0.5, 0.6) is 0 Å². The first-order chi connectivity index (χ1) is 14.8. The molecule has 0 bridgehead atoms. The molecule has 2 aromatic heterocycles. The number of amides is 1. The third kappa shape index (κ3) is 4.33. The van der Waals surface area contributed by atoms with Crippen LogP contribution < -0.4 is 10.6 Å². The molecule has 7 heteroatoms. The molecule has 3 heterocycles. The van der Waals surface area contributed by atoms with Crippen molar-refractivity contribution < 1.29 is 4.79 Å². The average Bonchev–Trinajstić information content (AvgIpc) is 2.98. The number of carbonyl (C=O) groups is 1. The summed E-state index contributed by atoms with van der Waals surface area (Å²) >= 11 is 0. The molecule has 0 unspecified atom stereocenters. The first kappa shape index (κ1) is 19.6. The molecule has 0 fully saturated rings. The number of carbonyl (C=O) groups excluding carboxylic acids is 1. The first-order valence-corrected chi connectivity index (χ1v) is 10.3. The summed E-state index contributed by atoms with van der Waals surface area (Å²) in [5, 5.41) is 14.9. The van der Waals surface area contributed by atoms with Crippen molar-refractivity contribution in [1.82, 2.24) is 19.9 Å². The predicted molar refractivity (Wildman–Crippen MR) is 115 cm³/mol. The number of fused-ring (bicyclic) bond motifs is 1. The quantitative estimate of drug-likeness (QED) is 0.619. The minimum absolute atomic E-state index is 0.141. The summed E-state index contributed by atoms with van der Waals surface area (Å²) < 4.78 is 2.22. The molecule has 0 aliphatic carbocycles. The summed E-state index contributed by atoms with van der Waals surface area (Å²) in [4.78, 5) is 21.8. The predicted octanol–water partition coefficient (Wildman–Crippen LogP) is 3.39. The van der Waals surface area contributed by atoms with Gasteiger partial charge in [0.05, 0.1) is 11.3 Å². The first-order valence-electron chi connectivity index (χ1n) is 10.3. The zero-order chi connectivity index (χ0) is 20.8. The average molecular weight is 400 g/mol. The summed E-state index contributed by atoms with van der Waals surface area (Å²) in [5.74, 6) is 1.40. The number of rotatable bonds is 6. The SMILES string of the molecule is N#Cc1ccc(NCCNC(=O)c2nc(-c3ccccc3)n3c2CCCCC3)nc1. The lowest BCUT2D eigenvalue weighted by Crippen LogP contribution is -2.30. The van der Waals surface area contributed by atoms with Gasteiger partial charge in [-0.1, -0.05) is 36.8 Å². The number of nitriles is 1. The molecule has 1 amide bonds. The highest BCUT2D eigenvalue weighted by atomic mass is 16.1. The topological polar surface area (TPSA) is 95.6 Å². The zero-order valence-electron chi connectivity index (χ0n) is 16.8. The second-order valence-electron chi connectivity index (χ2n) is 7.29. The number of hydrogen-bond donors (Lipinski definition) is 2. The summed E-state index contributed by atoms with van der Waals surface area (Å²) in [7, 11) is 0. The number of aromatic nitrogens is 3. The van der Waals surface area contributed by atoms with Gasteiger partial charge < -0.3 is 15.2 Å². The minimum atomic E-state index is -0.141. The van der Waals surface area contributed by atoms with E-state index in [1.54, 1.807) is 12.1 Å². The van der Waals surface area contributed by atoms with Gasteiger partial charge in [-0.15, -0.1) is 0 Å². The number of imidazole rings is 1. The molecular formula is C23H24N6O. The van der Waals surface area contributed by atoms with Gasteiger partial charge in [0.2, 0.25) is 0 Å². The van der Waals surface area contributed by atoms with Crippen molar-refractivity contribution in [3.63, 3.8) is 0 Å². The smallest absolute Gasteiger partial charge is 0.271 e. The lowest BCUT2D eigenvalue weighted by Gasteiger charge is -2.09. The highest BCUT2D eigenvalue weighted by Crippen LogP contribution is 2.27. The van der Waals surface area contributed by atoms with Gasteiger partial charge in [0.25, 0.3) is 5.91 Å². The second kappa shape index (κ2) is 9.23. The molecule has 7 nitrogen and oxygen atoms in total. The van der Waals surface area contributed by atoms with E-state index in [0.29, 0.717) is 30.2 Å². The Morgan fingerprint density at radius 3 is 2.73 bits per heavy atom. The molecule has 152 valence electrons. The Bertz CT molecular complexity index is 1050. The fourth-order valence-electron chi connectivity index (χ4n) is 3.72. The van der Waals surface area contributed by atoms with Crippen molar-refractivity contribution in [3.05, 3.63) is 65.6 Å². The fourth-order valence-corrected chi connectivity index (χ4v) is 3.72. The van der Waals surface area contributed by atoms with Gasteiger partial charge in [-0.2, -0.15) is 5.26 Å². The van der Waals surface area contributed by atoms with E-state index in [1.807, 2.05) is 36.4 Å². The highest BCUT2D eigenvalue weighted by Gasteiger charge is 2.23. The highest BCUT2D eigenvalue weighted by molar-refractivity contribution is 5.94. The maximum absolute atomic E-state index is 12.9. The van der Waals surface area contributed by atoms with E-state index < -0.39 is 0 Å². The number of nitrogens with zero attached hydrogens (tertiary/aromatic N) is 4. The van der Waals surface area contributed by atoms with E-state index in [4.69, 9.17) is 10.2 Å². The fraction of sp³-hybridized carbons (Fsp3) is 0.304. The van der Waals surface area contributed by atoms with Crippen molar-refractivity contribution in [2.75, 3.05) is 18.4 Å². The van der Waals surface area contributed by atoms with Crippen molar-refractivity contribution in [2.45, 2.75) is 32.2 Å². The van der Waals surface area contributed by atoms with Gasteiger partial charge in [0.15, 0.2) is 0 Å². The summed E-state index contributed by atoms with van der Waals surface area (Å²) in [6.45, 7) is 1.88. The summed E-state index contributed by atoms with van der Waals surface area (Å²) in [6.07, 6.45) is 5.73. The molecule has 0 spiro atoms. The third-order valence-electron chi connectivity index (χ3n) is 5.22. The molecule has 2 N–H and O–H groups in total. The van der Waals surface area contributed by atoms with Gasteiger partial charge >= 0.3 is 0 Å². The summed E-state index contributed by atoms with van der Waals surface area (Å²) in [6, 6.07) is 15.6. The largest absolute Gasteiger partial charge is 0.368 e. The van der Waals surface area contributed by atoms with Gasteiger partial charge in [-0.3, -0.25) is 4.79 Å². The molecule has 1 aliphatic rings. The van der Waals surface area contributed by atoms with Gasteiger partial charge in [0.1, 0.15) is 23.4 Å². The lowest BCUT2D eigenvalue weighted by molar-refractivity contribution is 0.0949. The van der Waals surface area contributed by atoms with Crippen LogP contribution in [-0.4, -0.2) is 33.5 Å². The molecule has 3 aromatic rings. The minimum Gasteiger partial charge on any atom is -0.368 e. The standard InChI is InChI=1S/C23H24N6O/c24-15-17-10-11-20(27-16-17)25-12-13-26-23(30)21-19-9-5-2-6-14-29(19)22(28-21)18-7-3-1-4-8-18/h1,3-4,7-8,10-11,16H,2,5-6,9,12-14H2,(H,25,27)(H,26,30). The molecular weight excluding hydrogens is 376 g/mol. The molecule has 1 aromatic carbocycles. The monoisotopic (exact) mass is 400 g/mol. The number of pyridine rings is 1. The van der Waals surface area contributed by atoms with E-state index in [1.165, 1.54) is 12.6 Å².